The Kier molecular flexibility index (Phi) is 5.30. The second kappa shape index (κ2) is 7.26. The first-order valence-corrected chi connectivity index (χ1v) is 8.90. The van der Waals surface area contributed by atoms with Gasteiger partial charge in [0.2, 0.25) is 17.6 Å². The van der Waals surface area contributed by atoms with E-state index in [1.807, 2.05) is 0 Å². The number of hydrogen-bond donors (Lipinski definition) is 0. The van der Waals surface area contributed by atoms with Crippen LogP contribution in [-0.4, -0.2) is 32.0 Å². The number of carbonyl (C=O) groups excluding carboxylic acids is 2. The average Bonchev–Trinajstić information content (AvgIpc) is 3.08. The van der Waals surface area contributed by atoms with Gasteiger partial charge in [0.1, 0.15) is 11.9 Å². The molecule has 2 amide bonds. The highest BCUT2D eigenvalue weighted by Gasteiger charge is 2.39. The molecule has 0 unspecified atom stereocenters. The zero-order valence-electron chi connectivity index (χ0n) is 13.4. The summed E-state index contributed by atoms with van der Waals surface area (Å²) < 4.78 is 38.5. The fraction of sp³-hybridized carbons (Fsp3) is 0.214. The fourth-order valence-electron chi connectivity index (χ4n) is 2.58. The van der Waals surface area contributed by atoms with Crippen LogP contribution in [0.2, 0.25) is 10.0 Å². The van der Waals surface area contributed by atoms with Crippen LogP contribution < -0.4 is 4.90 Å². The molecule has 0 spiro atoms. The van der Waals surface area contributed by atoms with E-state index in [1.165, 1.54) is 0 Å². The van der Waals surface area contributed by atoms with E-state index in [0.29, 0.717) is 4.90 Å². The Labute approximate surface area is 168 Å². The number of halogens is 5. The van der Waals surface area contributed by atoms with Crippen molar-refractivity contribution in [2.45, 2.75) is 23.2 Å². The Morgan fingerprint density at radius 2 is 1.68 bits per heavy atom. The molecule has 14 heteroatoms. The largest absolute Gasteiger partial charge is 0.446 e. The molecule has 148 valence electrons. The first-order valence-electron chi connectivity index (χ1n) is 7.33. The highest BCUT2D eigenvalue weighted by molar-refractivity contribution is 8.00. The van der Waals surface area contributed by atoms with E-state index in [2.05, 4.69) is 5.10 Å². The predicted octanol–water partition coefficient (Wildman–Crippen LogP) is 4.35. The lowest BCUT2D eigenvalue weighted by atomic mass is 10.3. The molecular formula is C14H7Cl2F3N4O4S. The van der Waals surface area contributed by atoms with Gasteiger partial charge in [-0.3, -0.25) is 19.7 Å². The van der Waals surface area contributed by atoms with E-state index in [-0.39, 0.29) is 33.5 Å². The quantitative estimate of drug-likeness (QED) is 0.294. The summed E-state index contributed by atoms with van der Waals surface area (Å²) in [6.45, 7) is 0. The summed E-state index contributed by atoms with van der Waals surface area (Å²) in [7, 11) is 0. The summed E-state index contributed by atoms with van der Waals surface area (Å²) in [6, 6.07) is 1.90. The molecule has 8 nitrogen and oxygen atoms in total. The third-order valence-electron chi connectivity index (χ3n) is 3.62. The molecule has 28 heavy (non-hydrogen) atoms. The van der Waals surface area contributed by atoms with Gasteiger partial charge in [0.15, 0.2) is 0 Å². The number of nitro groups is 1. The number of benzene rings is 1. The molecule has 0 atom stereocenters. The van der Waals surface area contributed by atoms with Gasteiger partial charge in [0.05, 0.1) is 15.0 Å². The highest BCUT2D eigenvalue weighted by Crippen LogP contribution is 2.43. The standard InChI is InChI=1S/C14H7Cl2F3N4O4S/c15-7-3-6(28-14(17,18)19)4-8(16)12(7)22-13(9(5-20-22)23(26)27)21-10(24)1-2-11(21)25/h3-5H,1-2H2. The third kappa shape index (κ3) is 3.80. The number of rotatable bonds is 4. The molecule has 1 fully saturated rings. The number of carbonyl (C=O) groups is 2. The first kappa shape index (κ1) is 20.4. The molecule has 3 rings (SSSR count). The van der Waals surface area contributed by atoms with Gasteiger partial charge in [0.25, 0.3) is 0 Å². The van der Waals surface area contributed by atoms with Gasteiger partial charge >= 0.3 is 11.2 Å². The number of aromatic nitrogens is 2. The molecule has 0 bridgehead atoms. The summed E-state index contributed by atoms with van der Waals surface area (Å²) >= 11 is 11.7. The Hall–Kier alpha value is -2.31. The predicted molar refractivity (Wildman–Crippen MR) is 93.9 cm³/mol. The number of imide groups is 1. The minimum Gasteiger partial charge on any atom is -0.274 e. The number of nitrogens with zero attached hydrogens (tertiary/aromatic N) is 4. The Morgan fingerprint density at radius 3 is 2.14 bits per heavy atom. The van der Waals surface area contributed by atoms with E-state index in [1.54, 1.807) is 0 Å². The fourth-order valence-corrected chi connectivity index (χ4v) is 3.98. The maximum absolute atomic E-state index is 12.6. The number of thioether (sulfide) groups is 1. The molecule has 0 aliphatic carbocycles. The third-order valence-corrected chi connectivity index (χ3v) is 4.90. The van der Waals surface area contributed by atoms with Crippen LogP contribution in [0.25, 0.3) is 5.69 Å². The lowest BCUT2D eigenvalue weighted by molar-refractivity contribution is -0.384. The maximum Gasteiger partial charge on any atom is 0.446 e. The molecule has 0 N–H and O–H groups in total. The summed E-state index contributed by atoms with van der Waals surface area (Å²) in [5, 5.41) is 14.5. The molecular weight excluding hydrogens is 448 g/mol. The number of anilines is 1. The summed E-state index contributed by atoms with van der Waals surface area (Å²) in [6.07, 6.45) is 0.493. The topological polar surface area (TPSA) is 98.3 Å². The minimum absolute atomic E-state index is 0.149. The zero-order valence-corrected chi connectivity index (χ0v) is 15.7. The SMILES string of the molecule is O=C1CCC(=O)N1c1c([N+](=O)[O-])cnn1-c1c(Cl)cc(SC(F)(F)F)cc1Cl. The Balaban J connectivity index is 2.19. The Morgan fingerprint density at radius 1 is 1.14 bits per heavy atom. The van der Waals surface area contributed by atoms with Crippen molar-refractivity contribution in [1.82, 2.24) is 9.78 Å². The van der Waals surface area contributed by atoms with E-state index in [0.717, 1.165) is 23.0 Å². The van der Waals surface area contributed by atoms with Crippen molar-refractivity contribution in [3.05, 3.63) is 38.5 Å². The lowest BCUT2D eigenvalue weighted by Gasteiger charge is -2.17. The molecule has 2 heterocycles. The second-order valence-electron chi connectivity index (χ2n) is 5.43. The smallest absolute Gasteiger partial charge is 0.274 e. The van der Waals surface area contributed by atoms with Crippen molar-refractivity contribution in [3.8, 4) is 5.69 Å². The Bertz CT molecular complexity index is 972. The van der Waals surface area contributed by atoms with Gasteiger partial charge < -0.3 is 0 Å². The van der Waals surface area contributed by atoms with Crippen LogP contribution in [0, 0.1) is 10.1 Å². The van der Waals surface area contributed by atoms with Crippen LogP contribution in [0.4, 0.5) is 24.7 Å². The number of hydrogen-bond acceptors (Lipinski definition) is 6. The summed E-state index contributed by atoms with van der Waals surface area (Å²) in [5.74, 6) is -1.87. The van der Waals surface area contributed by atoms with Crippen LogP contribution in [0.3, 0.4) is 0 Å². The van der Waals surface area contributed by atoms with E-state index in [9.17, 15) is 32.9 Å². The van der Waals surface area contributed by atoms with Gasteiger partial charge in [-0.25, -0.2) is 9.58 Å². The van der Waals surface area contributed by atoms with Crippen molar-refractivity contribution < 1.29 is 27.7 Å². The van der Waals surface area contributed by atoms with Gasteiger partial charge in [-0.2, -0.15) is 18.3 Å². The van der Waals surface area contributed by atoms with Crippen molar-refractivity contribution in [1.29, 1.82) is 0 Å². The maximum atomic E-state index is 12.6. The molecule has 1 aliphatic rings. The molecule has 1 aliphatic heterocycles. The molecule has 1 aromatic heterocycles. The monoisotopic (exact) mass is 454 g/mol. The van der Waals surface area contributed by atoms with Gasteiger partial charge in [-0.15, -0.1) is 0 Å². The van der Waals surface area contributed by atoms with Crippen molar-refractivity contribution in [2.75, 3.05) is 4.90 Å². The lowest BCUT2D eigenvalue weighted by Crippen LogP contribution is -2.31. The molecule has 0 saturated carbocycles. The van der Waals surface area contributed by atoms with Crippen LogP contribution in [0.15, 0.2) is 23.2 Å². The molecule has 1 aromatic carbocycles. The molecule has 2 aromatic rings. The van der Waals surface area contributed by atoms with Crippen molar-refractivity contribution in [2.24, 2.45) is 0 Å². The van der Waals surface area contributed by atoms with Gasteiger partial charge in [-0.1, -0.05) is 23.2 Å². The summed E-state index contributed by atoms with van der Waals surface area (Å²) in [5.41, 5.74) is -5.45. The van der Waals surface area contributed by atoms with E-state index >= 15 is 0 Å². The van der Waals surface area contributed by atoms with Gasteiger partial charge in [0, 0.05) is 17.7 Å². The van der Waals surface area contributed by atoms with E-state index in [4.69, 9.17) is 23.2 Å². The average molecular weight is 455 g/mol. The number of amides is 2. The van der Waals surface area contributed by atoms with E-state index < -0.39 is 45.5 Å². The van der Waals surface area contributed by atoms with Crippen LogP contribution in [-0.2, 0) is 9.59 Å². The zero-order chi connectivity index (χ0) is 20.8. The minimum atomic E-state index is -4.59. The summed E-state index contributed by atoms with van der Waals surface area (Å²) in [4.78, 5) is 34.9. The van der Waals surface area contributed by atoms with Gasteiger partial charge in [-0.05, 0) is 23.9 Å². The molecule has 0 radical (unpaired) electrons. The first-order chi connectivity index (χ1) is 13.0. The number of alkyl halides is 3. The van der Waals surface area contributed by atoms with Crippen molar-refractivity contribution >= 4 is 58.3 Å². The second-order valence-corrected chi connectivity index (χ2v) is 7.38. The van der Waals surface area contributed by atoms with Crippen LogP contribution in [0.1, 0.15) is 12.8 Å². The van der Waals surface area contributed by atoms with Crippen LogP contribution in [0.5, 0.6) is 0 Å². The molecule has 1 saturated heterocycles. The highest BCUT2D eigenvalue weighted by atomic mass is 35.5. The van der Waals surface area contributed by atoms with Crippen LogP contribution >= 0.6 is 35.0 Å². The normalized spacial score (nSPS) is 14.8. The van der Waals surface area contributed by atoms with Crippen molar-refractivity contribution in [3.63, 3.8) is 0 Å².